The summed E-state index contributed by atoms with van der Waals surface area (Å²) in [5.41, 5.74) is 0. The van der Waals surface area contributed by atoms with E-state index in [9.17, 15) is 209 Å². The fourth-order valence-electron chi connectivity index (χ4n) is 10.00. The normalized spacial score (nSPS) is 27.7. The number of aliphatic hydroxyl groups is 13. The Morgan fingerprint density at radius 3 is 0.704 bits per heavy atom. The van der Waals surface area contributed by atoms with Crippen LogP contribution in [0.1, 0.15) is 46.5 Å². The molecule has 0 aromatic carbocycles. The van der Waals surface area contributed by atoms with Crippen molar-refractivity contribution in [3.05, 3.63) is 47.3 Å². The van der Waals surface area contributed by atoms with Gasteiger partial charge in [0.05, 0.1) is 93.4 Å². The predicted molar refractivity (Wildman–Crippen MR) is 376 cm³/mol. The van der Waals surface area contributed by atoms with Gasteiger partial charge >= 0.3 is 355 Å². The second-order valence-corrected chi connectivity index (χ2v) is 33.6. The van der Waals surface area contributed by atoms with Crippen molar-refractivity contribution < 1.29 is 659 Å². The van der Waals surface area contributed by atoms with Crippen LogP contribution in [0.5, 0.6) is 0 Å². The largest absolute Gasteiger partial charge is 1.00 e. The fourth-order valence-corrected chi connectivity index (χ4v) is 13.8. The molecule has 768 valence electrons. The number of carbonyl (C=O) groups excluding carboxylic acids is 6. The number of amides is 2. The minimum absolute atomic E-state index is 0. The summed E-state index contributed by atoms with van der Waals surface area (Å²) >= 11 is 0. The van der Waals surface area contributed by atoms with E-state index in [2.05, 4.69) is 54.7 Å². The molecule has 0 aliphatic carbocycles. The molecular formula is C53H86N4Na12O65S8. The van der Waals surface area contributed by atoms with Gasteiger partial charge in [0.1, 0.15) is 134 Å². The summed E-state index contributed by atoms with van der Waals surface area (Å²) in [4.78, 5) is 62.5. The molecule has 0 aromatic rings. The Morgan fingerprint density at radius 2 is 0.528 bits per heavy atom. The Hall–Kier alpha value is 5.10. The Labute approximate surface area is 1070 Å². The van der Waals surface area contributed by atoms with Gasteiger partial charge in [-0.05, 0) is 31.2 Å². The van der Waals surface area contributed by atoms with Gasteiger partial charge in [-0.15, -0.1) is 0 Å². The minimum Gasteiger partial charge on any atom is -0.735 e. The number of hydrogen-bond donors (Lipinski definition) is 17. The summed E-state index contributed by atoms with van der Waals surface area (Å²) in [6, 6.07) is -4.39. The molecular weight excluding hydrogens is 2260 g/mol. The molecule has 0 bridgehead atoms. The number of carboxylic acids is 4. The number of aliphatic carboxylic acids is 4. The summed E-state index contributed by atoms with van der Waals surface area (Å²) in [6.07, 6.45) is -22.6. The molecule has 69 nitrogen and oxygen atoms in total. The maximum Gasteiger partial charge on any atom is 1.00 e. The van der Waals surface area contributed by atoms with Crippen LogP contribution in [0.2, 0.25) is 0 Å². The van der Waals surface area contributed by atoms with E-state index in [0.717, 1.165) is 0 Å². The number of carbonyl (C=O) groups is 6. The molecule has 8 aliphatic heterocycles. The molecule has 2 amide bonds. The zero-order valence-electron chi connectivity index (χ0n) is 77.3. The average molecular weight is 2350 g/mol. The minimum atomic E-state index is -4.98. The van der Waals surface area contributed by atoms with Crippen molar-refractivity contribution in [3.63, 3.8) is 0 Å². The molecule has 0 saturated carbocycles. The van der Waals surface area contributed by atoms with Gasteiger partial charge in [-0.3, -0.25) is 34.7 Å². The first-order valence-electron chi connectivity index (χ1n) is 33.6. The zero-order chi connectivity index (χ0) is 97.7. The smallest absolute Gasteiger partial charge is 0.735 e. The second-order valence-electron chi connectivity index (χ2n) is 25.2. The maximum atomic E-state index is 10.8. The molecule has 4 saturated heterocycles. The second kappa shape index (κ2) is 86.0. The van der Waals surface area contributed by atoms with E-state index in [-0.39, 0.29) is 415 Å². The van der Waals surface area contributed by atoms with Crippen LogP contribution >= 0.6 is 0 Å². The first-order chi connectivity index (χ1) is 57.2. The van der Waals surface area contributed by atoms with E-state index in [4.69, 9.17) is 29.2 Å². The van der Waals surface area contributed by atoms with Crippen molar-refractivity contribution in [2.75, 3.05) is 52.9 Å². The number of carboxylic acid groups (broad SMARTS) is 4. The van der Waals surface area contributed by atoms with Gasteiger partial charge in [0.25, 0.3) is 0 Å². The summed E-state index contributed by atoms with van der Waals surface area (Å²) in [6.45, 7) is -0.265. The van der Waals surface area contributed by atoms with Crippen LogP contribution in [-0.2, 0) is 175 Å². The molecule has 8 heterocycles. The topological polar surface area (TPSA) is 1220 Å². The first kappa shape index (κ1) is 183. The van der Waals surface area contributed by atoms with Gasteiger partial charge < -0.3 is 213 Å². The molecule has 0 spiro atoms. The summed E-state index contributed by atoms with van der Waals surface area (Å²) < 4.78 is 311. The molecule has 24 atom stereocenters. The SMILES string of the molecule is CC(=O)NC1C(O)OC(CO)C[C@H]1O.CC(=O)NC1C(O)OC(COS(=O)(=O)[O-])C[C@H]1O.CC1OC(COS(=O)(=O)[O-])C[C@@H](O)C1NS(=O)(=O)[O-].O.O.O.O.O=C([O-])C1=C[C@@H](O)C(OS(=O)(=O)[O-])CO1.O=C([O-])C1=C[C@@H](O)C(OS(=O)(=O)[O-])CO1.O=C([O-])C1=C[C@@H](O)C(OS(=O)(=O)[O-])CO1.O=C([O-])C1=C[C@@H](O)C(OS(=O)(=O)[O-])CO1.O=S(=O)([O-])NC1C(O)OC(CO)C[C@H]1O.[Na+].[Na+].[Na+].[Na+].[Na+].[Na+].[Na+].[Na+].[Na+].[Na+].[Na+].[Na+]. The Morgan fingerprint density at radius 1 is 0.331 bits per heavy atom. The van der Waals surface area contributed by atoms with Gasteiger partial charge in [-0.1, -0.05) is 0 Å². The third-order valence-corrected chi connectivity index (χ3v) is 19.1. The number of aliphatic hydroxyl groups excluding tert-OH is 13. The van der Waals surface area contributed by atoms with E-state index >= 15 is 0 Å². The van der Waals surface area contributed by atoms with Crippen molar-refractivity contribution in [1.82, 2.24) is 20.1 Å². The number of hydrogen-bond acceptors (Lipinski definition) is 61. The van der Waals surface area contributed by atoms with Crippen LogP contribution in [0, 0.1) is 0 Å². The third-order valence-electron chi connectivity index (χ3n) is 15.2. The average Bonchev–Trinajstić information content (AvgIpc) is 0.823. The van der Waals surface area contributed by atoms with Crippen LogP contribution < -0.4 is 395 Å². The van der Waals surface area contributed by atoms with E-state index < -0.39 is 329 Å². The number of rotatable bonds is 26. The number of ether oxygens (including phenoxy) is 8. The molecule has 142 heavy (non-hydrogen) atoms. The Bertz CT molecular complexity index is 4380. The standard InChI is InChI=1S/C8H15NO8S.C8H15NO5.C7H15NO9S2.C6H13NO7S.4C6H8O8S.12Na.4H2O/c1-4(10)9-7-6(11)2-5(17-8(7)12)3-16-18(13,14)15;1-4(11)9-7-6(12)2-5(3-10)14-8(7)13;1-4-7(8-18(10,11)12)6(9)2-5(17-4)3-16-19(13,14)15;8-2-3-1-4(9)5(6(10)14-3)7-15(11,12)13;4*7-3-1-4(6(8)9)13-2-5(3)14-15(10,11)12;;;;;;;;;;;;;;;;/h5-8,11-12H,2-3H2,1H3,(H,9,10)(H,13,14,15);5-8,10,12-13H,2-3H2,1H3,(H,9,11);4-9H,2-3H2,1H3,(H,10,11,12)(H,13,14,15);3-10H,1-2H2,(H,11,12,13);4*1,3,5,7H,2H2,(H,8,9)(H,10,11,12);;;;;;;;;;;;;4*1H2/q;;;;;;;;12*+1;;;;/p-12/t2*5?,6-,7?,8?;4?,5?,6-,7?;3?,4-,5?,6?;4*3-,5?;;;;;;;;;;;;;;;;/m11111111................/s1. The molecule has 0 aromatic heterocycles. The predicted octanol–water partition coefficient (Wildman–Crippen LogP) is -62.2. The van der Waals surface area contributed by atoms with Crippen molar-refractivity contribution in [2.45, 2.75) is 193 Å². The van der Waals surface area contributed by atoms with E-state index in [1.54, 1.807) is 4.72 Å². The van der Waals surface area contributed by atoms with Crippen LogP contribution in [0.3, 0.4) is 0 Å². The van der Waals surface area contributed by atoms with E-state index in [0.29, 0.717) is 24.3 Å². The van der Waals surface area contributed by atoms with Gasteiger partial charge in [0.2, 0.25) is 74.2 Å². The molecule has 0 radical (unpaired) electrons. The molecule has 89 heteroatoms. The van der Waals surface area contributed by atoms with Crippen molar-refractivity contribution in [2.24, 2.45) is 0 Å². The van der Waals surface area contributed by atoms with Crippen molar-refractivity contribution >= 4 is 119 Å². The molecule has 4 fully saturated rings. The van der Waals surface area contributed by atoms with Gasteiger partial charge in [-0.2, -0.15) is 0 Å². The Kier molecular flexibility index (Phi) is 111. The maximum absolute atomic E-state index is 10.8. The molecule has 8 aliphatic rings. The fraction of sp³-hybridized carbons (Fsp3) is 0.736. The van der Waals surface area contributed by atoms with Crippen LogP contribution in [0.15, 0.2) is 47.3 Å². The van der Waals surface area contributed by atoms with Crippen LogP contribution in [-0.4, -0.2) is 427 Å². The van der Waals surface area contributed by atoms with Crippen molar-refractivity contribution in [3.8, 4) is 0 Å². The molecule has 25 N–H and O–H groups in total. The van der Waals surface area contributed by atoms with Gasteiger partial charge in [-0.25, -0.2) is 76.8 Å². The third kappa shape index (κ3) is 82.5. The monoisotopic (exact) mass is 2350 g/mol. The zero-order valence-corrected chi connectivity index (χ0v) is 108. The summed E-state index contributed by atoms with van der Waals surface area (Å²) in [5.74, 6) is -9.96. The Balaban J connectivity index is -0.0000000900. The van der Waals surface area contributed by atoms with Gasteiger partial charge in [0.15, 0.2) is 39.5 Å². The summed E-state index contributed by atoms with van der Waals surface area (Å²) in [5, 5.41) is 166. The summed E-state index contributed by atoms with van der Waals surface area (Å²) in [7, 11) is -39.2. The van der Waals surface area contributed by atoms with E-state index in [1.807, 2.05) is 0 Å². The molecule has 8 rings (SSSR count). The first-order valence-corrected chi connectivity index (χ1v) is 44.4. The quantitative estimate of drug-likeness (QED) is 0.0217. The molecule has 16 unspecified atom stereocenters. The number of nitrogens with one attached hydrogen (secondary N) is 4. The van der Waals surface area contributed by atoms with Crippen LogP contribution in [0.4, 0.5) is 0 Å². The van der Waals surface area contributed by atoms with Crippen LogP contribution in [0.25, 0.3) is 0 Å². The van der Waals surface area contributed by atoms with Crippen molar-refractivity contribution in [1.29, 1.82) is 0 Å². The van der Waals surface area contributed by atoms with E-state index in [1.165, 1.54) is 25.5 Å². The van der Waals surface area contributed by atoms with Gasteiger partial charge in [0, 0.05) is 39.5 Å².